The van der Waals surface area contributed by atoms with Crippen molar-refractivity contribution in [2.75, 3.05) is 24.9 Å². The van der Waals surface area contributed by atoms with Crippen molar-refractivity contribution >= 4 is 34.3 Å². The van der Waals surface area contributed by atoms with Crippen molar-refractivity contribution in [3.05, 3.63) is 88.4 Å². The fourth-order valence-corrected chi connectivity index (χ4v) is 5.56. The van der Waals surface area contributed by atoms with Crippen molar-refractivity contribution in [1.82, 2.24) is 4.98 Å². The first-order chi connectivity index (χ1) is 18.8. The molecule has 2 N–H and O–H groups in total. The molecule has 2 heterocycles. The number of allylic oxidation sites excluding steroid dienone is 1. The number of fused-ring (bicyclic) bond motifs is 1. The molecule has 3 aromatic carbocycles. The summed E-state index contributed by atoms with van der Waals surface area (Å²) in [4.78, 5) is 16.5. The molecule has 7 nitrogen and oxygen atoms in total. The van der Waals surface area contributed by atoms with E-state index in [4.69, 9.17) is 14.2 Å². The molecule has 200 valence electrons. The fourth-order valence-electron chi connectivity index (χ4n) is 5.04. The normalized spacial score (nSPS) is 13.5. The lowest BCUT2D eigenvalue weighted by Crippen LogP contribution is -2.32. The highest BCUT2D eigenvalue weighted by molar-refractivity contribution is 7.07. The first kappa shape index (κ1) is 26.3. The Labute approximate surface area is 232 Å². The molecule has 1 aliphatic heterocycles. The predicted molar refractivity (Wildman–Crippen MR) is 157 cm³/mol. The van der Waals surface area contributed by atoms with Gasteiger partial charge in [0.05, 0.1) is 31.0 Å². The molecule has 0 aliphatic carbocycles. The average molecular weight is 542 g/mol. The number of benzene rings is 3. The van der Waals surface area contributed by atoms with Crippen LogP contribution in [-0.4, -0.2) is 30.7 Å². The minimum absolute atomic E-state index is 0.160. The second-order valence-electron chi connectivity index (χ2n) is 9.87. The third-order valence-electron chi connectivity index (χ3n) is 6.62. The summed E-state index contributed by atoms with van der Waals surface area (Å²) in [6, 6.07) is 17.5. The molecule has 0 radical (unpaired) electrons. The number of thiazole rings is 1. The third-order valence-corrected chi connectivity index (χ3v) is 7.21. The number of hydrogen-bond acceptors (Lipinski definition) is 8. The zero-order valence-electron chi connectivity index (χ0n) is 22.6. The number of carbonyl (C=O) groups is 1. The van der Waals surface area contributed by atoms with Crippen LogP contribution in [0, 0.1) is 0 Å². The Kier molecular flexibility index (Phi) is 7.30. The number of aromatic nitrogens is 1. The van der Waals surface area contributed by atoms with E-state index < -0.39 is 5.97 Å². The zero-order valence-corrected chi connectivity index (χ0v) is 23.4. The summed E-state index contributed by atoms with van der Waals surface area (Å²) in [5.74, 6) is 1.26. The largest absolute Gasteiger partial charge is 0.496 e. The van der Waals surface area contributed by atoms with E-state index in [-0.39, 0.29) is 11.2 Å². The predicted octanol–water partition coefficient (Wildman–Crippen LogP) is 7.27. The molecule has 0 fully saturated rings. The number of ether oxygens (including phenoxy) is 3. The van der Waals surface area contributed by atoms with Gasteiger partial charge in [-0.3, -0.25) is 0 Å². The molecule has 5 rings (SSSR count). The van der Waals surface area contributed by atoms with Gasteiger partial charge in [0.2, 0.25) is 0 Å². The second-order valence-corrected chi connectivity index (χ2v) is 10.6. The molecular weight excluding hydrogens is 510 g/mol. The Morgan fingerprint density at radius 2 is 1.79 bits per heavy atom. The number of esters is 1. The Morgan fingerprint density at radius 1 is 1.03 bits per heavy atom. The van der Waals surface area contributed by atoms with E-state index in [1.165, 1.54) is 16.9 Å². The summed E-state index contributed by atoms with van der Waals surface area (Å²) >= 11 is 1.34. The molecule has 0 spiro atoms. The van der Waals surface area contributed by atoms with Crippen LogP contribution in [-0.2, 0) is 6.54 Å². The number of anilines is 2. The van der Waals surface area contributed by atoms with Crippen molar-refractivity contribution < 1.29 is 19.0 Å². The Hall–Kier alpha value is -4.30. The van der Waals surface area contributed by atoms with Gasteiger partial charge in [-0.05, 0) is 67.8 Å². The minimum atomic E-state index is -0.504. The lowest BCUT2D eigenvalue weighted by atomic mass is 9.85. The summed E-state index contributed by atoms with van der Waals surface area (Å²) in [5, 5.41) is 8.89. The molecule has 0 saturated heterocycles. The fraction of sp³-hybridized carbons (Fsp3) is 0.226. The molecule has 4 aromatic rings. The number of carbonyl (C=O) groups excluding carboxylic acids is 1. The number of rotatable bonds is 8. The molecule has 8 heteroatoms. The monoisotopic (exact) mass is 541 g/mol. The molecule has 0 unspecified atom stereocenters. The SMILES string of the molecule is COc1ccccc1NCc1c(-c2ccc(OC(=O)c3cscn3)cc2OC)ccc2c1C(C)=CC(C)(C)N2. The smallest absolute Gasteiger partial charge is 0.363 e. The number of para-hydroxylation sites is 2. The molecule has 0 bridgehead atoms. The summed E-state index contributed by atoms with van der Waals surface area (Å²) in [6.07, 6.45) is 2.25. The van der Waals surface area contributed by atoms with Crippen molar-refractivity contribution in [1.29, 1.82) is 0 Å². The van der Waals surface area contributed by atoms with Gasteiger partial charge in [0, 0.05) is 34.8 Å². The summed E-state index contributed by atoms with van der Waals surface area (Å²) in [6.45, 7) is 7.02. The van der Waals surface area contributed by atoms with Crippen molar-refractivity contribution in [3.63, 3.8) is 0 Å². The first-order valence-corrected chi connectivity index (χ1v) is 13.5. The van der Waals surface area contributed by atoms with Crippen molar-refractivity contribution in [2.45, 2.75) is 32.9 Å². The van der Waals surface area contributed by atoms with E-state index in [1.54, 1.807) is 37.2 Å². The van der Waals surface area contributed by atoms with Crippen LogP contribution in [0.25, 0.3) is 16.7 Å². The number of hydrogen-bond donors (Lipinski definition) is 2. The van der Waals surface area contributed by atoms with Gasteiger partial charge in [0.25, 0.3) is 0 Å². The van der Waals surface area contributed by atoms with Gasteiger partial charge < -0.3 is 24.8 Å². The molecule has 0 atom stereocenters. The molecule has 0 amide bonds. The Balaban J connectivity index is 1.57. The van der Waals surface area contributed by atoms with Gasteiger partial charge >= 0.3 is 5.97 Å². The number of nitrogens with one attached hydrogen (secondary N) is 2. The van der Waals surface area contributed by atoms with Crippen LogP contribution in [0.15, 0.2) is 71.6 Å². The lowest BCUT2D eigenvalue weighted by molar-refractivity contribution is 0.0729. The highest BCUT2D eigenvalue weighted by Gasteiger charge is 2.27. The van der Waals surface area contributed by atoms with E-state index in [1.807, 2.05) is 30.3 Å². The van der Waals surface area contributed by atoms with Gasteiger partial charge in [0.15, 0.2) is 5.69 Å². The topological polar surface area (TPSA) is 81.7 Å². The van der Waals surface area contributed by atoms with Crippen LogP contribution >= 0.6 is 11.3 Å². The van der Waals surface area contributed by atoms with Gasteiger partial charge in [-0.2, -0.15) is 0 Å². The van der Waals surface area contributed by atoms with E-state index >= 15 is 0 Å². The van der Waals surface area contributed by atoms with Gasteiger partial charge in [-0.25, -0.2) is 9.78 Å². The van der Waals surface area contributed by atoms with Crippen LogP contribution < -0.4 is 24.8 Å². The molecule has 39 heavy (non-hydrogen) atoms. The highest BCUT2D eigenvalue weighted by Crippen LogP contribution is 2.43. The standard InChI is InChI=1S/C31H31N3O4S/c1-19-15-31(2,3)34-25-13-12-21(23(29(19)25)16-32-24-8-6-7-9-27(24)36-4)22-11-10-20(14-28(22)37-5)38-30(35)26-17-39-18-33-26/h6-15,17-18,32,34H,16H2,1-5H3. The van der Waals surface area contributed by atoms with E-state index in [0.29, 0.717) is 18.0 Å². The molecule has 1 aromatic heterocycles. The molecular formula is C31H31N3O4S. The van der Waals surface area contributed by atoms with Crippen LogP contribution in [0.4, 0.5) is 11.4 Å². The van der Waals surface area contributed by atoms with Gasteiger partial charge in [-0.15, -0.1) is 11.3 Å². The van der Waals surface area contributed by atoms with E-state index in [9.17, 15) is 4.79 Å². The quantitative estimate of drug-likeness (QED) is 0.179. The maximum atomic E-state index is 12.5. The van der Waals surface area contributed by atoms with Crippen molar-refractivity contribution in [2.24, 2.45) is 0 Å². The van der Waals surface area contributed by atoms with Crippen LogP contribution in [0.3, 0.4) is 0 Å². The van der Waals surface area contributed by atoms with Crippen molar-refractivity contribution in [3.8, 4) is 28.4 Å². The lowest BCUT2D eigenvalue weighted by Gasteiger charge is -2.33. The average Bonchev–Trinajstić information content (AvgIpc) is 3.46. The van der Waals surface area contributed by atoms with Gasteiger partial charge in [-0.1, -0.05) is 24.3 Å². The number of methoxy groups -OCH3 is 2. The molecule has 1 aliphatic rings. The number of nitrogens with zero attached hydrogens (tertiary/aromatic N) is 1. The first-order valence-electron chi connectivity index (χ1n) is 12.6. The highest BCUT2D eigenvalue weighted by atomic mass is 32.1. The zero-order chi connectivity index (χ0) is 27.6. The van der Waals surface area contributed by atoms with E-state index in [2.05, 4.69) is 54.6 Å². The third kappa shape index (κ3) is 5.47. The maximum absolute atomic E-state index is 12.5. The minimum Gasteiger partial charge on any atom is -0.496 e. The summed E-state index contributed by atoms with van der Waals surface area (Å²) < 4.78 is 16.9. The Bertz CT molecular complexity index is 1540. The van der Waals surface area contributed by atoms with Crippen LogP contribution in [0.2, 0.25) is 0 Å². The van der Waals surface area contributed by atoms with Crippen LogP contribution in [0.1, 0.15) is 42.4 Å². The van der Waals surface area contributed by atoms with E-state index in [0.717, 1.165) is 39.4 Å². The summed E-state index contributed by atoms with van der Waals surface area (Å²) in [5.41, 5.74) is 9.06. The summed E-state index contributed by atoms with van der Waals surface area (Å²) in [7, 11) is 3.29. The Morgan fingerprint density at radius 3 is 2.54 bits per heavy atom. The maximum Gasteiger partial charge on any atom is 0.363 e. The van der Waals surface area contributed by atoms with Gasteiger partial charge in [0.1, 0.15) is 17.2 Å². The second kappa shape index (κ2) is 10.8. The molecule has 0 saturated carbocycles. The van der Waals surface area contributed by atoms with Crippen LogP contribution in [0.5, 0.6) is 17.2 Å².